The Labute approximate surface area is 203 Å². The first kappa shape index (κ1) is 24.3. The van der Waals surface area contributed by atoms with Crippen LogP contribution < -0.4 is 10.2 Å². The van der Waals surface area contributed by atoms with Crippen LogP contribution in [0.1, 0.15) is 70.5 Å². The maximum atomic E-state index is 12.4. The van der Waals surface area contributed by atoms with Gasteiger partial charge in [-0.2, -0.15) is 0 Å². The minimum atomic E-state index is -0.429. The van der Waals surface area contributed by atoms with E-state index in [2.05, 4.69) is 46.6 Å². The lowest BCUT2D eigenvalue weighted by molar-refractivity contribution is -0.117. The lowest BCUT2D eigenvalue weighted by Crippen LogP contribution is -2.45. The van der Waals surface area contributed by atoms with Gasteiger partial charge in [-0.25, -0.2) is 4.79 Å². The van der Waals surface area contributed by atoms with Crippen LogP contribution in [0.4, 0.5) is 10.5 Å². The van der Waals surface area contributed by atoms with Crippen LogP contribution in [0.15, 0.2) is 42.5 Å². The topological polar surface area (TPSA) is 61.9 Å². The van der Waals surface area contributed by atoms with Gasteiger partial charge in [-0.3, -0.25) is 9.69 Å². The molecule has 1 fully saturated rings. The van der Waals surface area contributed by atoms with Crippen LogP contribution in [0.25, 0.3) is 11.1 Å². The van der Waals surface area contributed by atoms with E-state index in [0.29, 0.717) is 6.42 Å². The fourth-order valence-electron chi connectivity index (χ4n) is 5.23. The van der Waals surface area contributed by atoms with Gasteiger partial charge in [-0.15, -0.1) is 0 Å². The molecule has 1 saturated heterocycles. The first-order valence-corrected chi connectivity index (χ1v) is 12.5. The molecule has 0 radical (unpaired) electrons. The molecule has 182 valence electrons. The van der Waals surface area contributed by atoms with E-state index in [1.807, 2.05) is 31.7 Å². The molecule has 0 spiro atoms. The van der Waals surface area contributed by atoms with Gasteiger partial charge >= 0.3 is 6.09 Å². The van der Waals surface area contributed by atoms with Crippen molar-refractivity contribution in [1.82, 2.24) is 10.2 Å². The van der Waals surface area contributed by atoms with Crippen LogP contribution in [0.5, 0.6) is 0 Å². The van der Waals surface area contributed by atoms with Gasteiger partial charge in [0.1, 0.15) is 0 Å². The van der Waals surface area contributed by atoms with Crippen molar-refractivity contribution in [3.05, 3.63) is 53.6 Å². The highest BCUT2D eigenvalue weighted by Gasteiger charge is 2.33. The molecule has 2 atom stereocenters. The number of alkyl carbamates (subject to hydrolysis) is 1. The number of rotatable bonds is 5. The fourth-order valence-corrected chi connectivity index (χ4v) is 5.23. The summed E-state index contributed by atoms with van der Waals surface area (Å²) in [6.07, 6.45) is 3.95. The summed E-state index contributed by atoms with van der Waals surface area (Å²) in [6.45, 7) is 10.7. The molecule has 34 heavy (non-hydrogen) atoms. The Morgan fingerprint density at radius 2 is 1.71 bits per heavy atom. The third-order valence-electron chi connectivity index (χ3n) is 6.80. The van der Waals surface area contributed by atoms with Crippen molar-refractivity contribution in [3.8, 4) is 11.1 Å². The SMILES string of the molecule is CC(=O)N1c2ccc(-c3ccc(CN4CCCCC4)cc3)cc2[C@@H](NC(=O)OC(C)C)CC1C. The number of carbonyl (C=O) groups excluding carboxylic acids is 2. The van der Waals surface area contributed by atoms with Crippen LogP contribution in [0.2, 0.25) is 0 Å². The predicted molar refractivity (Wildman–Crippen MR) is 136 cm³/mol. The number of nitrogens with zero attached hydrogens (tertiary/aromatic N) is 2. The molecule has 0 aliphatic carbocycles. The monoisotopic (exact) mass is 463 g/mol. The number of ether oxygens (including phenoxy) is 1. The molecular formula is C28H37N3O3. The lowest BCUT2D eigenvalue weighted by atomic mass is 9.89. The molecule has 2 aliphatic heterocycles. The minimum Gasteiger partial charge on any atom is -0.447 e. The molecule has 0 aromatic heterocycles. The summed E-state index contributed by atoms with van der Waals surface area (Å²) in [5.41, 5.74) is 5.33. The van der Waals surface area contributed by atoms with Gasteiger partial charge < -0.3 is 15.0 Å². The Morgan fingerprint density at radius 1 is 1.03 bits per heavy atom. The molecule has 2 heterocycles. The average Bonchev–Trinajstić information content (AvgIpc) is 2.79. The fraction of sp³-hybridized carbons (Fsp3) is 0.500. The second kappa shape index (κ2) is 10.6. The van der Waals surface area contributed by atoms with Crippen molar-refractivity contribution in [3.63, 3.8) is 0 Å². The van der Waals surface area contributed by atoms with E-state index < -0.39 is 6.09 Å². The normalized spacial score (nSPS) is 20.7. The van der Waals surface area contributed by atoms with Crippen LogP contribution in [-0.2, 0) is 16.1 Å². The summed E-state index contributed by atoms with van der Waals surface area (Å²) >= 11 is 0. The number of amides is 2. The number of hydrogen-bond donors (Lipinski definition) is 1. The highest BCUT2D eigenvalue weighted by atomic mass is 16.6. The van der Waals surface area contributed by atoms with Gasteiger partial charge in [0.05, 0.1) is 12.1 Å². The molecule has 4 rings (SSSR count). The van der Waals surface area contributed by atoms with E-state index in [4.69, 9.17) is 4.74 Å². The lowest BCUT2D eigenvalue weighted by Gasteiger charge is -2.39. The predicted octanol–water partition coefficient (Wildman–Crippen LogP) is 5.66. The molecule has 0 saturated carbocycles. The minimum absolute atomic E-state index is 0.00627. The maximum Gasteiger partial charge on any atom is 0.407 e. The zero-order valence-electron chi connectivity index (χ0n) is 20.8. The van der Waals surface area contributed by atoms with Crippen molar-refractivity contribution in [2.45, 2.75) is 78.1 Å². The van der Waals surface area contributed by atoms with Gasteiger partial charge in [0.25, 0.3) is 0 Å². The number of hydrogen-bond acceptors (Lipinski definition) is 4. The van der Waals surface area contributed by atoms with Crippen molar-refractivity contribution in [2.75, 3.05) is 18.0 Å². The Hall–Kier alpha value is -2.86. The largest absolute Gasteiger partial charge is 0.447 e. The maximum absolute atomic E-state index is 12.4. The number of benzene rings is 2. The molecule has 2 aromatic carbocycles. The second-order valence-electron chi connectivity index (χ2n) is 9.93. The zero-order valence-corrected chi connectivity index (χ0v) is 20.8. The number of piperidine rings is 1. The summed E-state index contributed by atoms with van der Waals surface area (Å²) in [5, 5.41) is 3.02. The van der Waals surface area contributed by atoms with Crippen LogP contribution >= 0.6 is 0 Å². The molecule has 2 aromatic rings. The third-order valence-corrected chi connectivity index (χ3v) is 6.80. The summed E-state index contributed by atoms with van der Waals surface area (Å²) in [7, 11) is 0. The molecule has 0 bridgehead atoms. The Morgan fingerprint density at radius 3 is 2.35 bits per heavy atom. The smallest absolute Gasteiger partial charge is 0.407 e. The Bertz CT molecular complexity index is 1010. The summed E-state index contributed by atoms with van der Waals surface area (Å²) < 4.78 is 5.33. The summed E-state index contributed by atoms with van der Waals surface area (Å²) in [5.74, 6) is 0.00627. The quantitative estimate of drug-likeness (QED) is 0.621. The molecule has 2 amide bonds. The molecule has 6 heteroatoms. The highest BCUT2D eigenvalue weighted by Crippen LogP contribution is 2.39. The van der Waals surface area contributed by atoms with E-state index in [1.54, 1.807) is 6.92 Å². The number of carbonyl (C=O) groups is 2. The van der Waals surface area contributed by atoms with Crippen LogP contribution in [-0.4, -0.2) is 42.1 Å². The van der Waals surface area contributed by atoms with Gasteiger partial charge in [0, 0.05) is 25.2 Å². The second-order valence-corrected chi connectivity index (χ2v) is 9.93. The summed E-state index contributed by atoms with van der Waals surface area (Å²) in [6, 6.07) is 14.7. The van der Waals surface area contributed by atoms with Gasteiger partial charge in [0.15, 0.2) is 0 Å². The van der Waals surface area contributed by atoms with E-state index in [-0.39, 0.29) is 24.1 Å². The number of nitrogens with one attached hydrogen (secondary N) is 1. The van der Waals surface area contributed by atoms with Crippen molar-refractivity contribution in [2.24, 2.45) is 0 Å². The average molecular weight is 464 g/mol. The summed E-state index contributed by atoms with van der Waals surface area (Å²) in [4.78, 5) is 29.2. The molecule has 6 nitrogen and oxygen atoms in total. The molecule has 1 N–H and O–H groups in total. The van der Waals surface area contributed by atoms with Crippen LogP contribution in [0.3, 0.4) is 0 Å². The van der Waals surface area contributed by atoms with E-state index in [0.717, 1.165) is 28.9 Å². The molecular weight excluding hydrogens is 426 g/mol. The van der Waals surface area contributed by atoms with E-state index in [1.165, 1.54) is 37.9 Å². The van der Waals surface area contributed by atoms with Crippen molar-refractivity contribution >= 4 is 17.7 Å². The van der Waals surface area contributed by atoms with Gasteiger partial charge in [-0.05, 0) is 87.5 Å². The van der Waals surface area contributed by atoms with E-state index in [9.17, 15) is 9.59 Å². The van der Waals surface area contributed by atoms with Crippen LogP contribution in [0, 0.1) is 0 Å². The standard InChI is InChI=1S/C28H37N3O3/c1-19(2)34-28(33)29-26-16-20(3)31(21(4)32)27-13-12-24(17-25(26)27)23-10-8-22(9-11-23)18-30-14-6-5-7-15-30/h8-13,17,19-20,26H,5-7,14-16,18H2,1-4H3,(H,29,33)/t20?,26-/m0/s1. The van der Waals surface area contributed by atoms with Gasteiger partial charge in [-0.1, -0.05) is 36.8 Å². The first-order valence-electron chi connectivity index (χ1n) is 12.5. The zero-order chi connectivity index (χ0) is 24.2. The Kier molecular flexibility index (Phi) is 7.57. The van der Waals surface area contributed by atoms with E-state index >= 15 is 0 Å². The molecule has 2 aliphatic rings. The van der Waals surface area contributed by atoms with Crippen molar-refractivity contribution < 1.29 is 14.3 Å². The highest BCUT2D eigenvalue weighted by molar-refractivity contribution is 5.94. The Balaban J connectivity index is 1.59. The number of fused-ring (bicyclic) bond motifs is 1. The first-order chi connectivity index (χ1) is 16.3. The number of anilines is 1. The number of likely N-dealkylation sites (tertiary alicyclic amines) is 1. The van der Waals surface area contributed by atoms with Gasteiger partial charge in [0.2, 0.25) is 5.91 Å². The van der Waals surface area contributed by atoms with Crippen molar-refractivity contribution in [1.29, 1.82) is 0 Å². The third kappa shape index (κ3) is 5.61. The molecule has 1 unspecified atom stereocenters.